The second-order valence-electron chi connectivity index (χ2n) is 7.55. The highest BCUT2D eigenvalue weighted by Gasteiger charge is 2.29. The Hall–Kier alpha value is -3.32. The van der Waals surface area contributed by atoms with E-state index in [0.717, 1.165) is 0 Å². The van der Waals surface area contributed by atoms with Gasteiger partial charge in [0.2, 0.25) is 17.7 Å². The number of carboxylic acids is 2. The van der Waals surface area contributed by atoms with Gasteiger partial charge in [0.25, 0.3) is 0 Å². The highest BCUT2D eigenvalue weighted by atomic mass is 32.2. The predicted molar refractivity (Wildman–Crippen MR) is 124 cm³/mol. The van der Waals surface area contributed by atoms with Gasteiger partial charge in [-0.05, 0) is 43.0 Å². The van der Waals surface area contributed by atoms with Crippen molar-refractivity contribution in [1.82, 2.24) is 16.0 Å². The van der Waals surface area contributed by atoms with Crippen molar-refractivity contribution in [3.63, 3.8) is 0 Å². The molecule has 188 valence electrons. The number of aromatic hydroxyl groups is 1. The van der Waals surface area contributed by atoms with Crippen molar-refractivity contribution < 1.29 is 39.3 Å². The summed E-state index contributed by atoms with van der Waals surface area (Å²) in [7, 11) is 0. The first-order valence-electron chi connectivity index (χ1n) is 10.3. The molecule has 0 saturated heterocycles. The number of phenols is 1. The van der Waals surface area contributed by atoms with Crippen LogP contribution >= 0.6 is 11.8 Å². The quantitative estimate of drug-likeness (QED) is 0.167. The Morgan fingerprint density at radius 1 is 0.941 bits per heavy atom. The van der Waals surface area contributed by atoms with Crippen LogP contribution in [0.5, 0.6) is 5.75 Å². The molecule has 0 saturated carbocycles. The second-order valence-corrected chi connectivity index (χ2v) is 8.53. The summed E-state index contributed by atoms with van der Waals surface area (Å²) < 4.78 is 0. The second kappa shape index (κ2) is 14.1. The first-order chi connectivity index (χ1) is 15.9. The third kappa shape index (κ3) is 10.1. The van der Waals surface area contributed by atoms with Gasteiger partial charge < -0.3 is 37.0 Å². The molecule has 0 aliphatic carbocycles. The molecule has 0 heterocycles. The number of carboxylic acid groups (broad SMARTS) is 2. The largest absolute Gasteiger partial charge is 0.508 e. The van der Waals surface area contributed by atoms with Crippen molar-refractivity contribution in [2.24, 2.45) is 5.73 Å². The molecule has 1 rings (SSSR count). The summed E-state index contributed by atoms with van der Waals surface area (Å²) in [4.78, 5) is 59.9. The number of hydrogen-bond acceptors (Lipinski definition) is 8. The maximum Gasteiger partial charge on any atom is 0.325 e. The molecule has 0 aliphatic heterocycles. The van der Waals surface area contributed by atoms with Gasteiger partial charge in [0, 0.05) is 6.42 Å². The zero-order chi connectivity index (χ0) is 25.8. The number of nitrogens with one attached hydrogen (secondary N) is 3. The Labute approximate surface area is 200 Å². The van der Waals surface area contributed by atoms with E-state index in [1.54, 1.807) is 18.4 Å². The molecule has 3 amide bonds. The Bertz CT molecular complexity index is 880. The van der Waals surface area contributed by atoms with Gasteiger partial charge in [0.1, 0.15) is 23.9 Å². The van der Waals surface area contributed by atoms with Gasteiger partial charge in [-0.25, -0.2) is 0 Å². The van der Waals surface area contributed by atoms with E-state index in [0.29, 0.717) is 11.3 Å². The predicted octanol–water partition coefficient (Wildman–Crippen LogP) is -0.951. The van der Waals surface area contributed by atoms with Crippen LogP contribution < -0.4 is 21.7 Å². The summed E-state index contributed by atoms with van der Waals surface area (Å²) in [5.74, 6) is -4.36. The number of thioether (sulfide) groups is 1. The number of carbonyl (C=O) groups excluding carboxylic acids is 3. The Balaban J connectivity index is 3.05. The number of carbonyl (C=O) groups is 5. The molecule has 13 heteroatoms. The third-order valence-corrected chi connectivity index (χ3v) is 5.36. The molecular weight excluding hydrogens is 468 g/mol. The van der Waals surface area contributed by atoms with E-state index in [-0.39, 0.29) is 18.6 Å². The molecule has 1 aromatic rings. The maximum absolute atomic E-state index is 13.0. The van der Waals surface area contributed by atoms with E-state index in [1.165, 1.54) is 30.8 Å². The molecule has 8 N–H and O–H groups in total. The van der Waals surface area contributed by atoms with Crippen LogP contribution in [0.25, 0.3) is 0 Å². The SMILES string of the molecule is CSCCC(NC(=O)C(N)CC(=O)O)C(=O)NC(Cc1ccc(O)cc1)C(=O)NC(C)C(=O)O. The number of nitrogens with two attached hydrogens (primary N) is 1. The van der Waals surface area contributed by atoms with E-state index in [1.807, 2.05) is 0 Å². The van der Waals surface area contributed by atoms with E-state index in [2.05, 4.69) is 16.0 Å². The number of amides is 3. The monoisotopic (exact) mass is 498 g/mol. The molecule has 1 aromatic carbocycles. The Morgan fingerprint density at radius 2 is 1.50 bits per heavy atom. The molecule has 4 unspecified atom stereocenters. The van der Waals surface area contributed by atoms with E-state index in [9.17, 15) is 29.1 Å². The van der Waals surface area contributed by atoms with Gasteiger partial charge in [0.15, 0.2) is 0 Å². The minimum atomic E-state index is -1.37. The average Bonchev–Trinajstić information content (AvgIpc) is 2.76. The van der Waals surface area contributed by atoms with Crippen molar-refractivity contribution in [1.29, 1.82) is 0 Å². The average molecular weight is 499 g/mol. The topological polar surface area (TPSA) is 208 Å². The standard InChI is InChI=1S/C21H30N4O8S/c1-11(21(32)33)23-20(31)16(9-12-3-5-13(26)6-4-12)25-19(30)15(7-8-34-2)24-18(29)14(22)10-17(27)28/h3-6,11,14-16,26H,7-10,22H2,1-2H3,(H,23,31)(H,24,29)(H,25,30)(H,27,28)(H,32,33). The molecule has 0 bridgehead atoms. The highest BCUT2D eigenvalue weighted by molar-refractivity contribution is 7.98. The number of hydrogen-bond donors (Lipinski definition) is 7. The van der Waals surface area contributed by atoms with Crippen LogP contribution in [0.4, 0.5) is 0 Å². The van der Waals surface area contributed by atoms with Gasteiger partial charge in [0.05, 0.1) is 12.5 Å². The van der Waals surface area contributed by atoms with Crippen molar-refractivity contribution in [2.45, 2.75) is 50.4 Å². The molecule has 0 aliphatic rings. The zero-order valence-electron chi connectivity index (χ0n) is 18.8. The molecular formula is C21H30N4O8S. The zero-order valence-corrected chi connectivity index (χ0v) is 19.6. The fourth-order valence-corrected chi connectivity index (χ4v) is 3.26. The van der Waals surface area contributed by atoms with Crippen LogP contribution in [-0.4, -0.2) is 81.2 Å². The molecule has 0 radical (unpaired) electrons. The highest BCUT2D eigenvalue weighted by Crippen LogP contribution is 2.12. The lowest BCUT2D eigenvalue weighted by Crippen LogP contribution is -2.57. The molecule has 0 fully saturated rings. The number of rotatable bonds is 14. The lowest BCUT2D eigenvalue weighted by atomic mass is 10.0. The minimum absolute atomic E-state index is 0.00540. The normalized spacial score (nSPS) is 14.2. The number of aliphatic carboxylic acids is 2. The van der Waals surface area contributed by atoms with E-state index in [4.69, 9.17) is 15.9 Å². The Kier molecular flexibility index (Phi) is 11.9. The van der Waals surface area contributed by atoms with Gasteiger partial charge in [-0.2, -0.15) is 11.8 Å². The molecule has 12 nitrogen and oxygen atoms in total. The lowest BCUT2D eigenvalue weighted by molar-refractivity contribution is -0.141. The summed E-state index contributed by atoms with van der Waals surface area (Å²) in [6.45, 7) is 1.27. The van der Waals surface area contributed by atoms with E-state index < -0.39 is 60.2 Å². The van der Waals surface area contributed by atoms with Crippen molar-refractivity contribution in [2.75, 3.05) is 12.0 Å². The van der Waals surface area contributed by atoms with E-state index >= 15 is 0 Å². The molecule has 34 heavy (non-hydrogen) atoms. The van der Waals surface area contributed by atoms with Crippen LogP contribution in [0, 0.1) is 0 Å². The van der Waals surface area contributed by atoms with Crippen LogP contribution in [0.1, 0.15) is 25.3 Å². The van der Waals surface area contributed by atoms with Crippen molar-refractivity contribution in [3.05, 3.63) is 29.8 Å². The van der Waals surface area contributed by atoms with Gasteiger partial charge in [-0.1, -0.05) is 12.1 Å². The summed E-state index contributed by atoms with van der Waals surface area (Å²) in [5, 5.41) is 34.6. The summed E-state index contributed by atoms with van der Waals surface area (Å²) in [5.41, 5.74) is 6.15. The number of benzene rings is 1. The Morgan fingerprint density at radius 3 is 2.03 bits per heavy atom. The molecule has 0 aromatic heterocycles. The van der Waals surface area contributed by atoms with Crippen molar-refractivity contribution in [3.8, 4) is 5.75 Å². The summed E-state index contributed by atoms with van der Waals surface area (Å²) in [6, 6.07) is 1.00. The molecule has 0 spiro atoms. The van der Waals surface area contributed by atoms with Gasteiger partial charge in [-0.3, -0.25) is 24.0 Å². The molecule has 4 atom stereocenters. The van der Waals surface area contributed by atoms with Crippen molar-refractivity contribution >= 4 is 41.4 Å². The van der Waals surface area contributed by atoms with Crippen LogP contribution in [-0.2, 0) is 30.4 Å². The minimum Gasteiger partial charge on any atom is -0.508 e. The van der Waals surface area contributed by atoms with Gasteiger partial charge in [-0.15, -0.1) is 0 Å². The smallest absolute Gasteiger partial charge is 0.325 e. The first kappa shape index (κ1) is 28.7. The summed E-state index contributed by atoms with van der Waals surface area (Å²) >= 11 is 1.41. The first-order valence-corrected chi connectivity index (χ1v) is 11.7. The number of phenolic OH excluding ortho intramolecular Hbond substituents is 1. The fourth-order valence-electron chi connectivity index (χ4n) is 2.79. The lowest BCUT2D eigenvalue weighted by Gasteiger charge is -2.24. The summed E-state index contributed by atoms with van der Waals surface area (Å²) in [6.07, 6.45) is 1.33. The third-order valence-electron chi connectivity index (χ3n) is 4.71. The fraction of sp³-hybridized carbons (Fsp3) is 0.476. The van der Waals surface area contributed by atoms with Crippen LogP contribution in [0.2, 0.25) is 0 Å². The van der Waals surface area contributed by atoms with Crippen LogP contribution in [0.15, 0.2) is 24.3 Å². The van der Waals surface area contributed by atoms with Crippen LogP contribution in [0.3, 0.4) is 0 Å². The maximum atomic E-state index is 13.0. The van der Waals surface area contributed by atoms with Gasteiger partial charge >= 0.3 is 11.9 Å².